The fourth-order valence-corrected chi connectivity index (χ4v) is 9.96. The number of Topliss-reactive ketones (excluding diaryl/α,β-unsaturated/α-hetero) is 1. The summed E-state index contributed by atoms with van der Waals surface area (Å²) in [5.74, 6) is -5.29. The van der Waals surface area contributed by atoms with Crippen LogP contribution in [0.4, 0.5) is 5.69 Å². The second-order valence-electron chi connectivity index (χ2n) is 14.9. The molecule has 0 radical (unpaired) electrons. The number of benzene rings is 5. The molecule has 0 aromatic heterocycles. The number of nitrogens with zero attached hydrogens (tertiary/aromatic N) is 1. The van der Waals surface area contributed by atoms with Crippen LogP contribution < -0.4 is 9.64 Å². The van der Waals surface area contributed by atoms with Gasteiger partial charge in [0.2, 0.25) is 11.8 Å². The van der Waals surface area contributed by atoms with Gasteiger partial charge in [-0.25, -0.2) is 0 Å². The van der Waals surface area contributed by atoms with Crippen molar-refractivity contribution in [3.05, 3.63) is 179 Å². The van der Waals surface area contributed by atoms with E-state index in [0.717, 1.165) is 5.57 Å². The quantitative estimate of drug-likeness (QED) is 0.104. The fourth-order valence-electron chi connectivity index (χ4n) is 9.96. The number of hydrogen-bond acceptors (Lipinski definition) is 7. The summed E-state index contributed by atoms with van der Waals surface area (Å²) >= 11 is 0. The molecule has 9 rings (SSSR count). The third kappa shape index (κ3) is 5.16. The maximum Gasteiger partial charge on any atom is 0.238 e. The highest BCUT2D eigenvalue weighted by molar-refractivity contribution is 6.32. The van der Waals surface area contributed by atoms with Crippen LogP contribution in [0.2, 0.25) is 0 Å². The van der Waals surface area contributed by atoms with E-state index in [1.54, 1.807) is 78.9 Å². The molecule has 2 amide bonds. The molecule has 1 N–H and O–H groups in total. The number of imide groups is 1. The van der Waals surface area contributed by atoms with E-state index in [4.69, 9.17) is 4.74 Å². The van der Waals surface area contributed by atoms with E-state index < -0.39 is 40.9 Å². The van der Waals surface area contributed by atoms with E-state index in [9.17, 15) is 19.5 Å². The Morgan fingerprint density at radius 1 is 0.732 bits per heavy atom. The predicted molar refractivity (Wildman–Crippen MR) is 210 cm³/mol. The van der Waals surface area contributed by atoms with Gasteiger partial charge in [0.1, 0.15) is 11.5 Å². The van der Waals surface area contributed by atoms with Crippen molar-refractivity contribution < 1.29 is 33.8 Å². The number of ketones is 3. The van der Waals surface area contributed by atoms with E-state index in [1.807, 2.05) is 60.7 Å². The molecule has 1 saturated heterocycles. The van der Waals surface area contributed by atoms with Crippen LogP contribution in [0.5, 0.6) is 11.5 Å². The molecule has 3 aliphatic carbocycles. The fraction of sp³-hybridized carbons (Fsp3) is 0.188. The lowest BCUT2D eigenvalue weighted by Gasteiger charge is -2.55. The Morgan fingerprint density at radius 3 is 2.05 bits per heavy atom. The summed E-state index contributed by atoms with van der Waals surface area (Å²) in [4.78, 5) is 73.9. The third-order valence-corrected chi connectivity index (χ3v) is 12.4. The first kappa shape index (κ1) is 35.1. The number of carbonyl (C=O) groups is 5. The van der Waals surface area contributed by atoms with Crippen molar-refractivity contribution in [2.75, 3.05) is 12.0 Å². The van der Waals surface area contributed by atoms with E-state index in [0.29, 0.717) is 39.3 Å². The summed E-state index contributed by atoms with van der Waals surface area (Å²) < 4.78 is 5.87. The molecule has 2 fully saturated rings. The van der Waals surface area contributed by atoms with E-state index in [-0.39, 0.29) is 47.4 Å². The minimum atomic E-state index is -1.51. The van der Waals surface area contributed by atoms with Gasteiger partial charge < -0.3 is 9.84 Å². The first-order valence-electron chi connectivity index (χ1n) is 18.8. The number of aromatic hydroxyl groups is 1. The van der Waals surface area contributed by atoms with Crippen molar-refractivity contribution in [2.24, 2.45) is 23.7 Å². The van der Waals surface area contributed by atoms with Gasteiger partial charge in [0, 0.05) is 34.1 Å². The lowest BCUT2D eigenvalue weighted by atomic mass is 9.44. The minimum absolute atomic E-state index is 0.106. The highest BCUT2D eigenvalue weighted by Crippen LogP contribution is 2.65. The molecule has 0 bridgehead atoms. The molecule has 5 aromatic carbocycles. The Balaban J connectivity index is 1.19. The zero-order valence-electron chi connectivity index (χ0n) is 30.5. The van der Waals surface area contributed by atoms with Crippen molar-refractivity contribution >= 4 is 40.4 Å². The van der Waals surface area contributed by atoms with Crippen molar-refractivity contribution in [1.29, 1.82) is 0 Å². The van der Waals surface area contributed by atoms with Crippen LogP contribution in [0, 0.1) is 23.7 Å². The number of amides is 2. The number of allylic oxidation sites excluding steroid dienone is 4. The predicted octanol–water partition coefficient (Wildman–Crippen LogP) is 7.66. The summed E-state index contributed by atoms with van der Waals surface area (Å²) in [6.45, 7) is 0. The zero-order valence-corrected chi connectivity index (χ0v) is 30.5. The van der Waals surface area contributed by atoms with Crippen LogP contribution in [-0.4, -0.2) is 41.4 Å². The molecular formula is C48H37NO7. The Labute approximate surface area is 323 Å². The Kier molecular flexibility index (Phi) is 8.49. The van der Waals surface area contributed by atoms with Crippen LogP contribution in [0.3, 0.4) is 0 Å². The van der Waals surface area contributed by atoms with Gasteiger partial charge in [-0.3, -0.25) is 28.9 Å². The normalized spacial score (nSPS) is 25.4. The molecule has 6 atom stereocenters. The number of ether oxygens (including phenoxy) is 1. The second kappa shape index (κ2) is 13.6. The van der Waals surface area contributed by atoms with Crippen molar-refractivity contribution in [3.8, 4) is 11.5 Å². The molecule has 0 spiro atoms. The van der Waals surface area contributed by atoms with Gasteiger partial charge in [-0.05, 0) is 72.4 Å². The van der Waals surface area contributed by atoms with Crippen LogP contribution in [0.25, 0.3) is 5.57 Å². The highest BCUT2D eigenvalue weighted by atomic mass is 16.5. The number of rotatable bonds is 7. The van der Waals surface area contributed by atoms with Gasteiger partial charge in [-0.15, -0.1) is 0 Å². The summed E-state index contributed by atoms with van der Waals surface area (Å²) in [6.07, 6.45) is 3.75. The summed E-state index contributed by atoms with van der Waals surface area (Å²) in [7, 11) is 1.49. The highest BCUT2D eigenvalue weighted by Gasteiger charge is 2.66. The SMILES string of the molecule is COc1cccc(O)c1[C@H]1C2=CC[C@@H]3C(=O)N(c4ccc(C(=O)c5ccccc5)cc4)C(=O)[C@@H]3[C@@H]2C[C@H]2C(=O)C(c3ccccc3)=CC(=O)[C@@]12c1ccccc1. The number of methoxy groups -OCH3 is 1. The van der Waals surface area contributed by atoms with Crippen LogP contribution in [-0.2, 0) is 24.6 Å². The Morgan fingerprint density at radius 2 is 1.38 bits per heavy atom. The van der Waals surface area contributed by atoms with Gasteiger partial charge in [-0.2, -0.15) is 0 Å². The smallest absolute Gasteiger partial charge is 0.238 e. The molecule has 4 aliphatic rings. The average Bonchev–Trinajstić information content (AvgIpc) is 3.50. The van der Waals surface area contributed by atoms with Crippen LogP contribution in [0.1, 0.15) is 51.4 Å². The Bertz CT molecular complexity index is 2490. The van der Waals surface area contributed by atoms with Gasteiger partial charge in [-0.1, -0.05) is 109 Å². The first-order chi connectivity index (χ1) is 27.2. The molecular weight excluding hydrogens is 703 g/mol. The van der Waals surface area contributed by atoms with Gasteiger partial charge in [0.25, 0.3) is 0 Å². The van der Waals surface area contributed by atoms with Crippen molar-refractivity contribution in [2.45, 2.75) is 24.2 Å². The van der Waals surface area contributed by atoms with E-state index in [2.05, 4.69) is 0 Å². The number of phenols is 1. The summed E-state index contributed by atoms with van der Waals surface area (Å²) in [5.41, 5.74) is 2.38. The van der Waals surface area contributed by atoms with Gasteiger partial charge in [0.15, 0.2) is 17.3 Å². The molecule has 1 heterocycles. The van der Waals surface area contributed by atoms with E-state index in [1.165, 1.54) is 18.1 Å². The summed E-state index contributed by atoms with van der Waals surface area (Å²) in [6, 6.07) is 38.6. The lowest BCUT2D eigenvalue weighted by Crippen LogP contribution is -2.58. The minimum Gasteiger partial charge on any atom is -0.508 e. The number of anilines is 1. The van der Waals surface area contributed by atoms with Crippen LogP contribution in [0.15, 0.2) is 151 Å². The van der Waals surface area contributed by atoms with Gasteiger partial charge >= 0.3 is 0 Å². The maximum absolute atomic E-state index is 15.3. The second-order valence-corrected chi connectivity index (χ2v) is 14.9. The van der Waals surface area contributed by atoms with E-state index >= 15 is 9.59 Å². The van der Waals surface area contributed by atoms with Gasteiger partial charge in [0.05, 0.1) is 30.0 Å². The average molecular weight is 740 g/mol. The lowest BCUT2D eigenvalue weighted by molar-refractivity contribution is -0.135. The zero-order chi connectivity index (χ0) is 38.7. The Hall–Kier alpha value is -6.67. The molecule has 56 heavy (non-hydrogen) atoms. The molecule has 276 valence electrons. The molecule has 8 heteroatoms. The summed E-state index contributed by atoms with van der Waals surface area (Å²) in [5, 5.41) is 11.7. The third-order valence-electron chi connectivity index (χ3n) is 12.4. The maximum atomic E-state index is 15.3. The molecule has 0 unspecified atom stereocenters. The number of hydrogen-bond donors (Lipinski definition) is 1. The first-order valence-corrected chi connectivity index (χ1v) is 18.8. The van der Waals surface area contributed by atoms with Crippen molar-refractivity contribution in [3.63, 3.8) is 0 Å². The topological polar surface area (TPSA) is 118 Å². The molecule has 8 nitrogen and oxygen atoms in total. The van der Waals surface area contributed by atoms with Crippen LogP contribution >= 0.6 is 0 Å². The molecule has 1 aliphatic heterocycles. The monoisotopic (exact) mass is 739 g/mol. The van der Waals surface area contributed by atoms with Crippen molar-refractivity contribution in [1.82, 2.24) is 0 Å². The molecule has 1 saturated carbocycles. The number of fused-ring (bicyclic) bond motifs is 4. The molecule has 5 aromatic rings. The number of carbonyl (C=O) groups excluding carboxylic acids is 5. The standard InChI is InChI=1S/C48H37NO7/c1-56-39-19-11-18-38(50)42(39)43-33-24-25-34-41(47(55)49(46(34)54)32-22-20-30(21-23-32)44(52)29-14-7-3-8-15-29)36(33)26-37-45(53)35(28-12-5-2-6-13-28)27-40(51)48(37,43)31-16-9-4-10-17-31/h2-24,27,34,36-37,41,43,50H,25-26H2,1H3/t34-,36+,37-,41-,43+,48-/m0/s1. The number of phenolic OH excluding ortho intramolecular Hbond substituents is 1. The largest absolute Gasteiger partial charge is 0.508 e.